The second-order valence-electron chi connectivity index (χ2n) is 11.4. The van der Waals surface area contributed by atoms with Crippen molar-refractivity contribution in [3.8, 4) is 0 Å². The zero-order valence-electron chi connectivity index (χ0n) is 22.8. The maximum Gasteiger partial charge on any atom is 0.243 e. The Labute approximate surface area is 235 Å². The Bertz CT molecular complexity index is 1430. The summed E-state index contributed by atoms with van der Waals surface area (Å²) in [5, 5.41) is 2.06. The van der Waals surface area contributed by atoms with Crippen LogP contribution in [0.5, 0.6) is 0 Å². The van der Waals surface area contributed by atoms with Gasteiger partial charge in [-0.2, -0.15) is 4.31 Å². The molecule has 9 heteroatoms. The van der Waals surface area contributed by atoms with Gasteiger partial charge >= 0.3 is 0 Å². The molecule has 0 saturated carbocycles. The number of carbonyl (C=O) groups is 1. The average molecular weight is 570 g/mol. The Hall–Kier alpha value is -2.59. The van der Waals surface area contributed by atoms with Crippen LogP contribution in [0.4, 0.5) is 4.39 Å². The smallest absolute Gasteiger partial charge is 0.243 e. The van der Waals surface area contributed by atoms with Gasteiger partial charge in [-0.15, -0.1) is 11.3 Å². The van der Waals surface area contributed by atoms with Crippen LogP contribution in [0.2, 0.25) is 0 Å². The average Bonchev–Trinajstić information content (AvgIpc) is 3.22. The van der Waals surface area contributed by atoms with Gasteiger partial charge in [0.1, 0.15) is 5.82 Å². The van der Waals surface area contributed by atoms with Crippen LogP contribution in [0.3, 0.4) is 0 Å². The number of fused-ring (bicyclic) bond motifs is 1. The van der Waals surface area contributed by atoms with Gasteiger partial charge in [-0.25, -0.2) is 12.8 Å². The molecular weight excluding hydrogens is 533 g/mol. The number of thiophene rings is 1. The van der Waals surface area contributed by atoms with Gasteiger partial charge in [0.25, 0.3) is 0 Å². The lowest BCUT2D eigenvalue weighted by Gasteiger charge is -2.37. The van der Waals surface area contributed by atoms with E-state index in [1.54, 1.807) is 40.5 Å². The molecule has 1 fully saturated rings. The van der Waals surface area contributed by atoms with Crippen LogP contribution >= 0.6 is 11.3 Å². The van der Waals surface area contributed by atoms with Crippen LogP contribution in [0, 0.1) is 5.82 Å². The minimum absolute atomic E-state index is 0.0242. The highest BCUT2D eigenvalue weighted by molar-refractivity contribution is 7.89. The maximum atomic E-state index is 14.1. The molecule has 0 spiro atoms. The van der Waals surface area contributed by atoms with Crippen molar-refractivity contribution in [2.45, 2.75) is 50.0 Å². The molecule has 208 valence electrons. The summed E-state index contributed by atoms with van der Waals surface area (Å²) in [6, 6.07) is 15.7. The number of rotatable bonds is 5. The van der Waals surface area contributed by atoms with Gasteiger partial charge in [-0.05, 0) is 70.7 Å². The molecule has 1 atom stereocenters. The Morgan fingerprint density at radius 3 is 2.49 bits per heavy atom. The zero-order valence-corrected chi connectivity index (χ0v) is 24.4. The van der Waals surface area contributed by atoms with E-state index >= 15 is 0 Å². The number of halogens is 1. The molecule has 39 heavy (non-hydrogen) atoms. The number of nitrogens with zero attached hydrogens (tertiary/aromatic N) is 3. The monoisotopic (exact) mass is 569 g/mol. The van der Waals surface area contributed by atoms with Gasteiger partial charge < -0.3 is 4.90 Å². The number of hydrogen-bond donors (Lipinski definition) is 0. The Morgan fingerprint density at radius 2 is 1.77 bits per heavy atom. The van der Waals surface area contributed by atoms with Gasteiger partial charge in [-0.3, -0.25) is 9.69 Å². The minimum Gasteiger partial charge on any atom is -0.340 e. The van der Waals surface area contributed by atoms with E-state index < -0.39 is 10.0 Å². The molecule has 1 amide bonds. The molecule has 5 rings (SSSR count). The number of amides is 1. The molecule has 1 saturated heterocycles. The molecule has 1 aromatic heterocycles. The van der Waals surface area contributed by atoms with E-state index in [-0.39, 0.29) is 41.2 Å². The molecular formula is C30H36FN3O3S2. The normalized spacial score (nSPS) is 19.5. The number of hydrogen-bond acceptors (Lipinski definition) is 5. The van der Waals surface area contributed by atoms with Gasteiger partial charge in [-0.1, -0.05) is 45.0 Å². The first-order valence-electron chi connectivity index (χ1n) is 13.5. The predicted octanol–water partition coefficient (Wildman–Crippen LogP) is 5.06. The predicted molar refractivity (Wildman–Crippen MR) is 153 cm³/mol. The van der Waals surface area contributed by atoms with Crippen molar-refractivity contribution in [3.63, 3.8) is 0 Å². The molecule has 0 radical (unpaired) electrons. The summed E-state index contributed by atoms with van der Waals surface area (Å²) in [6.07, 6.45) is 1.43. The minimum atomic E-state index is -3.65. The lowest BCUT2D eigenvalue weighted by molar-refractivity contribution is -0.132. The Balaban J connectivity index is 1.28. The number of sulfonamides is 1. The van der Waals surface area contributed by atoms with E-state index in [1.807, 2.05) is 18.2 Å². The molecule has 3 aromatic rings. The van der Waals surface area contributed by atoms with Crippen LogP contribution in [0.25, 0.3) is 0 Å². The van der Waals surface area contributed by atoms with Crippen molar-refractivity contribution >= 4 is 27.3 Å². The lowest BCUT2D eigenvalue weighted by Crippen LogP contribution is -2.45. The second kappa shape index (κ2) is 11.1. The molecule has 0 bridgehead atoms. The summed E-state index contributed by atoms with van der Waals surface area (Å²) in [6.45, 7) is 8.70. The lowest BCUT2D eigenvalue weighted by atomic mass is 9.87. The second-order valence-corrected chi connectivity index (χ2v) is 14.3. The third-order valence-electron chi connectivity index (χ3n) is 7.73. The first-order chi connectivity index (χ1) is 18.5. The van der Waals surface area contributed by atoms with Crippen LogP contribution < -0.4 is 0 Å². The van der Waals surface area contributed by atoms with E-state index in [0.717, 1.165) is 23.1 Å². The SMILES string of the molecule is CC(C)(C)c1ccc(S(=O)(=O)N2CCCN(C(=O)CN3CCc4sccc4[C@@H]3c3cccc(F)c3)CC2)cc1. The van der Waals surface area contributed by atoms with Crippen molar-refractivity contribution in [3.05, 3.63) is 87.4 Å². The standard InChI is InChI=1S/C30H36FN3O3S2/c1-30(2,3)23-8-10-25(11-9-23)39(36,37)34-15-5-14-32(17-18-34)28(35)21-33-16-12-27-26(13-19-38-27)29(33)22-6-4-7-24(31)20-22/h4,6-11,13,19-20,29H,5,12,14-18,21H2,1-3H3/t29-/m0/s1. The van der Waals surface area contributed by atoms with Crippen LogP contribution in [0.15, 0.2) is 64.9 Å². The Kier molecular flexibility index (Phi) is 7.97. The van der Waals surface area contributed by atoms with E-state index in [1.165, 1.54) is 15.2 Å². The van der Waals surface area contributed by atoms with E-state index in [0.29, 0.717) is 32.6 Å². The fourth-order valence-electron chi connectivity index (χ4n) is 5.54. The summed E-state index contributed by atoms with van der Waals surface area (Å²) >= 11 is 1.70. The fourth-order valence-corrected chi connectivity index (χ4v) is 7.91. The molecule has 2 aromatic carbocycles. The van der Waals surface area contributed by atoms with Crippen LogP contribution in [-0.2, 0) is 26.7 Å². The van der Waals surface area contributed by atoms with E-state index in [9.17, 15) is 17.6 Å². The van der Waals surface area contributed by atoms with Crippen molar-refractivity contribution in [1.82, 2.24) is 14.1 Å². The van der Waals surface area contributed by atoms with Crippen molar-refractivity contribution in [2.24, 2.45) is 0 Å². The largest absolute Gasteiger partial charge is 0.340 e. The van der Waals surface area contributed by atoms with Crippen molar-refractivity contribution < 1.29 is 17.6 Å². The zero-order chi connectivity index (χ0) is 27.8. The van der Waals surface area contributed by atoms with E-state index in [2.05, 4.69) is 37.1 Å². The van der Waals surface area contributed by atoms with Gasteiger partial charge in [0, 0.05) is 37.6 Å². The molecule has 3 heterocycles. The molecule has 0 N–H and O–H groups in total. The number of carbonyl (C=O) groups excluding carboxylic acids is 1. The third kappa shape index (κ3) is 5.96. The summed E-state index contributed by atoms with van der Waals surface area (Å²) in [5.74, 6) is -0.313. The molecule has 6 nitrogen and oxygen atoms in total. The van der Waals surface area contributed by atoms with Gasteiger partial charge in [0.05, 0.1) is 17.5 Å². The van der Waals surface area contributed by atoms with Gasteiger partial charge in [0.2, 0.25) is 15.9 Å². The summed E-state index contributed by atoms with van der Waals surface area (Å²) in [4.78, 5) is 19.0. The highest BCUT2D eigenvalue weighted by Crippen LogP contribution is 2.38. The number of benzene rings is 2. The first kappa shape index (κ1) is 28.0. The summed E-state index contributed by atoms with van der Waals surface area (Å²) < 4.78 is 42.4. The quantitative estimate of drug-likeness (QED) is 0.431. The first-order valence-corrected chi connectivity index (χ1v) is 15.8. The van der Waals surface area contributed by atoms with Crippen molar-refractivity contribution in [2.75, 3.05) is 39.3 Å². The van der Waals surface area contributed by atoms with Crippen LogP contribution in [-0.4, -0.2) is 67.7 Å². The molecule has 0 aliphatic carbocycles. The topological polar surface area (TPSA) is 60.9 Å². The fraction of sp³-hybridized carbons (Fsp3) is 0.433. The Morgan fingerprint density at radius 1 is 1.00 bits per heavy atom. The highest BCUT2D eigenvalue weighted by atomic mass is 32.2. The maximum absolute atomic E-state index is 14.1. The summed E-state index contributed by atoms with van der Waals surface area (Å²) in [7, 11) is -3.65. The third-order valence-corrected chi connectivity index (χ3v) is 10.6. The summed E-state index contributed by atoms with van der Waals surface area (Å²) in [5.41, 5.74) is 3.00. The highest BCUT2D eigenvalue weighted by Gasteiger charge is 2.33. The molecule has 2 aliphatic rings. The van der Waals surface area contributed by atoms with E-state index in [4.69, 9.17) is 0 Å². The van der Waals surface area contributed by atoms with Crippen LogP contribution in [0.1, 0.15) is 54.8 Å². The van der Waals surface area contributed by atoms with Gasteiger partial charge in [0.15, 0.2) is 0 Å². The van der Waals surface area contributed by atoms with Crippen molar-refractivity contribution in [1.29, 1.82) is 0 Å². The molecule has 0 unspecified atom stereocenters. The molecule has 2 aliphatic heterocycles.